The molecule has 1 saturated heterocycles. The molecular formula is C50H53N3O7Si. The third-order valence-corrected chi connectivity index (χ3v) is 18.3. The number of rotatable bonds is 10. The first-order valence-corrected chi connectivity index (χ1v) is 24.4. The highest BCUT2D eigenvalue weighted by atomic mass is 28.3. The summed E-state index contributed by atoms with van der Waals surface area (Å²) >= 11 is 0. The average molecular weight is 836 g/mol. The minimum atomic E-state index is -2.56. The Bertz CT molecular complexity index is 2490. The number of para-hydroxylation sites is 1. The zero-order valence-electron chi connectivity index (χ0n) is 35.5. The molecule has 1 fully saturated rings. The Balaban J connectivity index is 1.08. The summed E-state index contributed by atoms with van der Waals surface area (Å²) in [4.78, 5) is 48.9. The van der Waals surface area contributed by atoms with E-state index in [1.165, 1.54) is 5.19 Å². The van der Waals surface area contributed by atoms with Gasteiger partial charge in [0, 0.05) is 30.1 Å². The second-order valence-corrected chi connectivity index (χ2v) is 22.2. The molecule has 0 aromatic heterocycles. The molecule has 10 nitrogen and oxygen atoms in total. The van der Waals surface area contributed by atoms with Crippen molar-refractivity contribution < 1.29 is 33.7 Å². The van der Waals surface area contributed by atoms with Crippen molar-refractivity contribution in [2.75, 3.05) is 30.6 Å². The van der Waals surface area contributed by atoms with E-state index in [1.807, 2.05) is 95.9 Å². The van der Waals surface area contributed by atoms with Gasteiger partial charge in [0.25, 0.3) is 5.91 Å². The molecule has 0 aliphatic carbocycles. The number of amides is 3. The second kappa shape index (κ2) is 15.9. The van der Waals surface area contributed by atoms with Gasteiger partial charge in [-0.05, 0) is 89.2 Å². The van der Waals surface area contributed by atoms with Crippen LogP contribution in [0.25, 0.3) is 0 Å². The smallest absolute Gasteiger partial charge is 0.264 e. The lowest BCUT2D eigenvalue weighted by atomic mass is 9.82. The number of methoxy groups -OCH3 is 2. The Labute approximate surface area is 358 Å². The summed E-state index contributed by atoms with van der Waals surface area (Å²) in [6.45, 7) is 7.26. The van der Waals surface area contributed by atoms with Gasteiger partial charge >= 0.3 is 0 Å². The van der Waals surface area contributed by atoms with Gasteiger partial charge < -0.3 is 29.1 Å². The summed E-state index contributed by atoms with van der Waals surface area (Å²) in [6.07, 6.45) is 1.20. The highest BCUT2D eigenvalue weighted by molar-refractivity contribution is 6.91. The minimum absolute atomic E-state index is 0.0547. The molecule has 4 aliphatic heterocycles. The number of nitrogens with zero attached hydrogens (tertiary/aromatic N) is 3. The number of carbonyl (C=O) groups is 3. The van der Waals surface area contributed by atoms with E-state index in [2.05, 4.69) is 44.3 Å². The van der Waals surface area contributed by atoms with Crippen LogP contribution in [0.1, 0.15) is 47.6 Å². The lowest BCUT2D eigenvalue weighted by Crippen LogP contribution is -2.52. The topological polar surface area (TPSA) is 109 Å². The van der Waals surface area contributed by atoms with Crippen molar-refractivity contribution in [3.05, 3.63) is 143 Å². The number of hydrogen-bond acceptors (Lipinski definition) is 7. The monoisotopic (exact) mass is 835 g/mol. The Morgan fingerprint density at radius 1 is 0.820 bits per heavy atom. The maximum atomic E-state index is 15.5. The zero-order valence-corrected chi connectivity index (χ0v) is 36.5. The highest BCUT2D eigenvalue weighted by Crippen LogP contribution is 2.60. The van der Waals surface area contributed by atoms with Crippen molar-refractivity contribution in [2.45, 2.75) is 82.1 Å². The summed E-state index contributed by atoms with van der Waals surface area (Å²) in [7, 11) is 0.713. The minimum Gasteiger partial charge on any atom is -0.497 e. The summed E-state index contributed by atoms with van der Waals surface area (Å²) in [5.41, 5.74) is 5.85. The van der Waals surface area contributed by atoms with Gasteiger partial charge in [0.05, 0.1) is 65.4 Å². The van der Waals surface area contributed by atoms with Crippen molar-refractivity contribution in [2.24, 2.45) is 5.92 Å². The second-order valence-electron chi connectivity index (χ2n) is 17.5. The first-order chi connectivity index (χ1) is 29.5. The Hall–Kier alpha value is -5.75. The van der Waals surface area contributed by atoms with Crippen LogP contribution in [-0.4, -0.2) is 68.8 Å². The molecule has 4 heterocycles. The van der Waals surface area contributed by atoms with E-state index in [0.717, 1.165) is 57.0 Å². The normalized spacial score (nSPS) is 23.2. The fourth-order valence-corrected chi connectivity index (χ4v) is 14.8. The SMILES string of the molecule is COc1ccc([Si](C)(C)[C@H]2[C@H](CC(=O)N3Cc4ccccc4C[C@H]3CO)O[C@@]3(C(=O)N(Cc4ccc(N5C(=O)CCc6ccccc65)cc4)c4ccc(OC)cc43)[C@@H]2C)cc1. The van der Waals surface area contributed by atoms with Gasteiger partial charge in [-0.25, -0.2) is 0 Å². The molecular weight excluding hydrogens is 783 g/mol. The predicted molar refractivity (Wildman–Crippen MR) is 238 cm³/mol. The molecule has 5 atom stereocenters. The molecule has 0 radical (unpaired) electrons. The summed E-state index contributed by atoms with van der Waals surface area (Å²) in [5.74, 6) is 0.818. The van der Waals surface area contributed by atoms with E-state index in [0.29, 0.717) is 25.1 Å². The number of anilines is 3. The molecule has 1 spiro atoms. The van der Waals surface area contributed by atoms with E-state index in [4.69, 9.17) is 14.2 Å². The fourth-order valence-electron chi connectivity index (χ4n) is 10.8. The average Bonchev–Trinajstić information content (AvgIpc) is 3.71. The van der Waals surface area contributed by atoms with E-state index in [9.17, 15) is 14.7 Å². The van der Waals surface area contributed by atoms with Crippen LogP contribution < -0.4 is 24.5 Å². The molecule has 0 unspecified atom stereocenters. The van der Waals surface area contributed by atoms with Crippen molar-refractivity contribution >= 4 is 48.0 Å². The number of ether oxygens (including phenoxy) is 3. The van der Waals surface area contributed by atoms with Crippen LogP contribution in [-0.2, 0) is 50.7 Å². The molecule has 314 valence electrons. The molecule has 0 saturated carbocycles. The van der Waals surface area contributed by atoms with E-state index < -0.39 is 19.8 Å². The maximum Gasteiger partial charge on any atom is 0.264 e. The molecule has 1 N–H and O–H groups in total. The van der Waals surface area contributed by atoms with E-state index >= 15 is 4.79 Å². The van der Waals surface area contributed by atoms with Crippen LogP contribution in [0.4, 0.5) is 17.1 Å². The molecule has 3 amide bonds. The molecule has 5 aromatic rings. The standard InChI is InChI=1S/C50H53N3O7Si/c1-32-48(61(4,5)41-22-19-39(58-2)20-23-41)45(28-47(56)51-30-36-12-7-6-11-35(36)26-38(51)31-54)60-50(32)42-27-40(59-3)21-24-44(42)52(49(50)57)29-33-14-17-37(18-15-33)53-43-13-9-8-10-34(43)16-25-46(53)55/h6-15,17-24,27,32,38,45,48,54H,16,25-26,28-31H2,1-5H3/t32-,38+,45+,48-,50+/m1/s1. The van der Waals surface area contributed by atoms with Gasteiger partial charge in [-0.2, -0.15) is 0 Å². The lowest BCUT2D eigenvalue weighted by molar-refractivity contribution is -0.151. The van der Waals surface area contributed by atoms with Gasteiger partial charge in [-0.1, -0.05) is 91.9 Å². The number of aliphatic hydroxyl groups excluding tert-OH is 1. The van der Waals surface area contributed by atoms with Crippen molar-refractivity contribution in [3.63, 3.8) is 0 Å². The van der Waals surface area contributed by atoms with Gasteiger partial charge in [-0.3, -0.25) is 19.3 Å². The first-order valence-electron chi connectivity index (χ1n) is 21.3. The van der Waals surface area contributed by atoms with Crippen molar-refractivity contribution in [1.29, 1.82) is 0 Å². The van der Waals surface area contributed by atoms with Gasteiger partial charge in [-0.15, -0.1) is 0 Å². The summed E-state index contributed by atoms with van der Waals surface area (Å²) < 4.78 is 18.6. The van der Waals surface area contributed by atoms with Crippen LogP contribution in [0.15, 0.2) is 115 Å². The number of aliphatic hydroxyl groups is 1. The Morgan fingerprint density at radius 2 is 1.49 bits per heavy atom. The summed E-state index contributed by atoms with van der Waals surface area (Å²) in [6, 6.07) is 37.5. The third-order valence-electron chi connectivity index (χ3n) is 13.9. The van der Waals surface area contributed by atoms with Crippen LogP contribution in [0.5, 0.6) is 11.5 Å². The molecule has 11 heteroatoms. The quantitative estimate of drug-likeness (QED) is 0.146. The van der Waals surface area contributed by atoms with E-state index in [1.54, 1.807) is 24.0 Å². The number of fused-ring (bicyclic) bond motifs is 4. The number of aryl methyl sites for hydroxylation is 1. The van der Waals surface area contributed by atoms with Crippen molar-refractivity contribution in [3.8, 4) is 11.5 Å². The lowest BCUT2D eigenvalue weighted by Gasteiger charge is -2.39. The van der Waals surface area contributed by atoms with Crippen molar-refractivity contribution in [1.82, 2.24) is 4.90 Å². The van der Waals surface area contributed by atoms with Crippen LogP contribution >= 0.6 is 0 Å². The van der Waals surface area contributed by atoms with Gasteiger partial charge in [0.15, 0.2) is 5.60 Å². The highest BCUT2D eigenvalue weighted by Gasteiger charge is 2.66. The van der Waals surface area contributed by atoms with Gasteiger partial charge in [0.2, 0.25) is 11.8 Å². The molecule has 4 aliphatic rings. The fraction of sp³-hybridized carbons (Fsp3) is 0.340. The first kappa shape index (κ1) is 40.6. The molecule has 5 aromatic carbocycles. The largest absolute Gasteiger partial charge is 0.497 e. The Kier molecular flexibility index (Phi) is 10.6. The third kappa shape index (κ3) is 6.83. The number of hydrogen-bond donors (Lipinski definition) is 1. The Morgan fingerprint density at radius 3 is 2.20 bits per heavy atom. The maximum absolute atomic E-state index is 15.5. The molecule has 61 heavy (non-hydrogen) atoms. The van der Waals surface area contributed by atoms with Crippen LogP contribution in [0.3, 0.4) is 0 Å². The zero-order chi connectivity index (χ0) is 42.6. The predicted octanol–water partition coefficient (Wildman–Crippen LogP) is 7.41. The van der Waals surface area contributed by atoms with Crippen LogP contribution in [0.2, 0.25) is 18.6 Å². The van der Waals surface area contributed by atoms with E-state index in [-0.39, 0.29) is 54.8 Å². The molecule has 0 bridgehead atoms. The summed E-state index contributed by atoms with van der Waals surface area (Å²) in [5, 5.41) is 11.7. The number of benzene rings is 5. The number of carbonyl (C=O) groups excluding carboxylic acids is 3. The van der Waals surface area contributed by atoms with Gasteiger partial charge in [0.1, 0.15) is 11.5 Å². The molecule has 9 rings (SSSR count). The van der Waals surface area contributed by atoms with Crippen LogP contribution in [0, 0.1) is 5.92 Å².